The van der Waals surface area contributed by atoms with Crippen molar-refractivity contribution < 1.29 is 0 Å². The highest BCUT2D eigenvalue weighted by Gasteiger charge is 2.07. The summed E-state index contributed by atoms with van der Waals surface area (Å²) in [4.78, 5) is 0. The van der Waals surface area contributed by atoms with Crippen LogP contribution in [-0.4, -0.2) is 10.5 Å². The van der Waals surface area contributed by atoms with Gasteiger partial charge in [-0.05, 0) is 24.0 Å². The molecule has 0 aromatic carbocycles. The summed E-state index contributed by atoms with van der Waals surface area (Å²) in [5.41, 5.74) is 1.40. The standard InChI is InChI=1S/C12H24S/c1-9(2)11(5)7-8-12(6)13-10(3)4/h9-10,12H,5,7-8H2,1-4,6H3. The summed E-state index contributed by atoms with van der Waals surface area (Å²) in [6.07, 6.45) is 2.47. The first-order chi connectivity index (χ1) is 5.93. The Morgan fingerprint density at radius 3 is 2.08 bits per heavy atom. The van der Waals surface area contributed by atoms with Gasteiger partial charge in [-0.15, -0.1) is 0 Å². The van der Waals surface area contributed by atoms with E-state index in [9.17, 15) is 0 Å². The van der Waals surface area contributed by atoms with Crippen LogP contribution in [0.25, 0.3) is 0 Å². The van der Waals surface area contributed by atoms with Gasteiger partial charge in [0.25, 0.3) is 0 Å². The van der Waals surface area contributed by atoms with E-state index in [2.05, 4.69) is 53.0 Å². The van der Waals surface area contributed by atoms with Gasteiger partial charge in [0.15, 0.2) is 0 Å². The van der Waals surface area contributed by atoms with Crippen molar-refractivity contribution >= 4 is 11.8 Å². The van der Waals surface area contributed by atoms with E-state index in [-0.39, 0.29) is 0 Å². The van der Waals surface area contributed by atoms with E-state index >= 15 is 0 Å². The molecule has 0 spiro atoms. The maximum atomic E-state index is 4.10. The first kappa shape index (κ1) is 13.1. The second-order valence-electron chi connectivity index (χ2n) is 4.35. The first-order valence-corrected chi connectivity index (χ1v) is 6.20. The molecule has 13 heavy (non-hydrogen) atoms. The average molecular weight is 200 g/mol. The van der Waals surface area contributed by atoms with Crippen molar-refractivity contribution in [1.29, 1.82) is 0 Å². The van der Waals surface area contributed by atoms with Gasteiger partial charge in [-0.25, -0.2) is 0 Å². The maximum Gasteiger partial charge on any atom is 0.00243 e. The quantitative estimate of drug-likeness (QED) is 0.569. The predicted octanol–water partition coefficient (Wildman–Crippen LogP) is 4.51. The molecular formula is C12H24S. The Kier molecular flexibility index (Phi) is 6.58. The Labute approximate surface area is 88.2 Å². The Morgan fingerprint density at radius 2 is 1.69 bits per heavy atom. The second kappa shape index (κ2) is 6.53. The molecule has 0 radical (unpaired) electrons. The summed E-state index contributed by atoms with van der Waals surface area (Å²) in [7, 11) is 0. The van der Waals surface area contributed by atoms with Crippen LogP contribution in [0, 0.1) is 5.92 Å². The van der Waals surface area contributed by atoms with Gasteiger partial charge < -0.3 is 0 Å². The molecule has 1 unspecified atom stereocenters. The highest BCUT2D eigenvalue weighted by atomic mass is 32.2. The minimum Gasteiger partial charge on any atom is -0.156 e. The van der Waals surface area contributed by atoms with Gasteiger partial charge in [-0.1, -0.05) is 46.8 Å². The molecule has 1 heteroatoms. The molecule has 0 aliphatic heterocycles. The van der Waals surface area contributed by atoms with Gasteiger partial charge in [0, 0.05) is 5.25 Å². The first-order valence-electron chi connectivity index (χ1n) is 5.26. The largest absolute Gasteiger partial charge is 0.156 e. The van der Waals surface area contributed by atoms with Crippen LogP contribution in [0.3, 0.4) is 0 Å². The fourth-order valence-corrected chi connectivity index (χ4v) is 2.39. The molecule has 78 valence electrons. The number of rotatable bonds is 6. The Morgan fingerprint density at radius 1 is 1.15 bits per heavy atom. The van der Waals surface area contributed by atoms with Crippen molar-refractivity contribution in [2.24, 2.45) is 5.92 Å². The van der Waals surface area contributed by atoms with Crippen LogP contribution in [0.1, 0.15) is 47.5 Å². The summed E-state index contributed by atoms with van der Waals surface area (Å²) in [6, 6.07) is 0. The van der Waals surface area contributed by atoms with Gasteiger partial charge in [0.1, 0.15) is 0 Å². The minimum absolute atomic E-state index is 0.649. The number of hydrogen-bond donors (Lipinski definition) is 0. The Bertz CT molecular complexity index is 147. The molecule has 0 bridgehead atoms. The normalized spacial score (nSPS) is 13.8. The lowest BCUT2D eigenvalue weighted by Gasteiger charge is -2.15. The zero-order chi connectivity index (χ0) is 10.4. The van der Waals surface area contributed by atoms with E-state index in [1.54, 1.807) is 0 Å². The third-order valence-corrected chi connectivity index (χ3v) is 3.44. The topological polar surface area (TPSA) is 0 Å². The van der Waals surface area contributed by atoms with Crippen LogP contribution in [0.15, 0.2) is 12.2 Å². The lowest BCUT2D eigenvalue weighted by Crippen LogP contribution is -2.03. The molecule has 0 rings (SSSR count). The molecule has 0 heterocycles. The van der Waals surface area contributed by atoms with Gasteiger partial charge in [0.2, 0.25) is 0 Å². The maximum absolute atomic E-state index is 4.10. The molecule has 0 aliphatic rings. The van der Waals surface area contributed by atoms with Crippen LogP contribution in [0.5, 0.6) is 0 Å². The van der Waals surface area contributed by atoms with Crippen LogP contribution in [0.4, 0.5) is 0 Å². The molecule has 1 atom stereocenters. The third-order valence-electron chi connectivity index (χ3n) is 2.19. The zero-order valence-corrected chi connectivity index (χ0v) is 10.6. The summed E-state index contributed by atoms with van der Waals surface area (Å²) >= 11 is 2.07. The van der Waals surface area contributed by atoms with Crippen molar-refractivity contribution in [1.82, 2.24) is 0 Å². The smallest absolute Gasteiger partial charge is 0.00243 e. The highest BCUT2D eigenvalue weighted by Crippen LogP contribution is 2.23. The van der Waals surface area contributed by atoms with E-state index in [0.717, 1.165) is 10.5 Å². The predicted molar refractivity (Wildman–Crippen MR) is 65.4 cm³/mol. The van der Waals surface area contributed by atoms with Gasteiger partial charge in [-0.3, -0.25) is 0 Å². The lowest BCUT2D eigenvalue weighted by atomic mass is 10.00. The molecule has 0 aromatic heterocycles. The molecule has 0 N–H and O–H groups in total. The molecule has 0 nitrogen and oxygen atoms in total. The molecule has 0 aromatic rings. The monoisotopic (exact) mass is 200 g/mol. The van der Waals surface area contributed by atoms with Gasteiger partial charge in [-0.2, -0.15) is 11.8 Å². The Balaban J connectivity index is 3.58. The van der Waals surface area contributed by atoms with Crippen LogP contribution >= 0.6 is 11.8 Å². The molecule has 0 aliphatic carbocycles. The van der Waals surface area contributed by atoms with E-state index in [0.29, 0.717) is 5.92 Å². The average Bonchev–Trinajstić information content (AvgIpc) is 1.98. The van der Waals surface area contributed by atoms with Gasteiger partial charge in [0.05, 0.1) is 0 Å². The minimum atomic E-state index is 0.649. The van der Waals surface area contributed by atoms with Crippen molar-refractivity contribution in [2.45, 2.75) is 58.0 Å². The van der Waals surface area contributed by atoms with Crippen molar-refractivity contribution in [3.05, 3.63) is 12.2 Å². The van der Waals surface area contributed by atoms with Crippen molar-refractivity contribution in [2.75, 3.05) is 0 Å². The van der Waals surface area contributed by atoms with Crippen LogP contribution in [-0.2, 0) is 0 Å². The Hall–Kier alpha value is 0.0900. The fraction of sp³-hybridized carbons (Fsp3) is 0.833. The zero-order valence-electron chi connectivity index (χ0n) is 9.76. The summed E-state index contributed by atoms with van der Waals surface area (Å²) < 4.78 is 0. The number of thioether (sulfide) groups is 1. The van der Waals surface area contributed by atoms with E-state index < -0.39 is 0 Å². The summed E-state index contributed by atoms with van der Waals surface area (Å²) in [5.74, 6) is 0.649. The fourth-order valence-electron chi connectivity index (χ4n) is 1.21. The summed E-state index contributed by atoms with van der Waals surface area (Å²) in [5, 5.41) is 1.53. The number of allylic oxidation sites excluding steroid dienone is 1. The van der Waals surface area contributed by atoms with E-state index in [1.807, 2.05) is 0 Å². The van der Waals surface area contributed by atoms with Crippen LogP contribution in [0.2, 0.25) is 0 Å². The highest BCUT2D eigenvalue weighted by molar-refractivity contribution is 8.00. The SMILES string of the molecule is C=C(CCC(C)SC(C)C)C(C)C. The van der Waals surface area contributed by atoms with Crippen molar-refractivity contribution in [3.8, 4) is 0 Å². The second-order valence-corrected chi connectivity index (χ2v) is 6.37. The number of hydrogen-bond acceptors (Lipinski definition) is 1. The van der Waals surface area contributed by atoms with Crippen molar-refractivity contribution in [3.63, 3.8) is 0 Å². The molecule has 0 saturated carbocycles. The molecular weight excluding hydrogens is 176 g/mol. The van der Waals surface area contributed by atoms with Gasteiger partial charge >= 0.3 is 0 Å². The van der Waals surface area contributed by atoms with E-state index in [1.165, 1.54) is 18.4 Å². The molecule has 0 amide bonds. The van der Waals surface area contributed by atoms with E-state index in [4.69, 9.17) is 0 Å². The summed E-state index contributed by atoms with van der Waals surface area (Å²) in [6.45, 7) is 15.4. The lowest BCUT2D eigenvalue weighted by molar-refractivity contribution is 0.682. The van der Waals surface area contributed by atoms with Crippen LogP contribution < -0.4 is 0 Å². The third kappa shape index (κ3) is 7.18. The molecule has 0 saturated heterocycles. The molecule has 0 fully saturated rings.